The second kappa shape index (κ2) is 19.7. The Morgan fingerprint density at radius 2 is 0.960 bits per heavy atom. The van der Waals surface area contributed by atoms with E-state index in [0.717, 1.165) is 34.4 Å². The van der Waals surface area contributed by atoms with E-state index in [0.29, 0.717) is 22.9 Å². The van der Waals surface area contributed by atoms with Crippen LogP contribution in [0.2, 0.25) is 0 Å². The summed E-state index contributed by atoms with van der Waals surface area (Å²) in [6.07, 6.45) is 21.3. The first-order valence-electron chi connectivity index (χ1n) is 17.7. The van der Waals surface area contributed by atoms with Crippen molar-refractivity contribution in [2.45, 2.75) is 124 Å². The van der Waals surface area contributed by atoms with Crippen molar-refractivity contribution >= 4 is 33.7 Å². The van der Waals surface area contributed by atoms with Crippen LogP contribution in [0.4, 0.5) is 4.39 Å². The zero-order chi connectivity index (χ0) is 36.8. The SMILES string of the molecule is C1CCCCC1.C1CCCCC1.CCc1cc2c(=O)c(C(=O)O)cn(CO)c2cc1C.CCc1cc2c(=O)c(C(=O)O)cn(CO)c2cc1F. The third-order valence-corrected chi connectivity index (χ3v) is 9.31. The summed E-state index contributed by atoms with van der Waals surface area (Å²) < 4.78 is 16.2. The lowest BCUT2D eigenvalue weighted by molar-refractivity contribution is 0.0683. The van der Waals surface area contributed by atoms with Crippen LogP contribution < -0.4 is 10.9 Å². The quantitative estimate of drug-likeness (QED) is 0.161. The summed E-state index contributed by atoms with van der Waals surface area (Å²) in [6, 6.07) is 5.99. The monoisotopic (exact) mass is 694 g/mol. The van der Waals surface area contributed by atoms with E-state index in [1.165, 1.54) is 93.9 Å². The van der Waals surface area contributed by atoms with Crippen LogP contribution in [-0.4, -0.2) is 41.5 Å². The highest BCUT2D eigenvalue weighted by atomic mass is 19.1. The fourth-order valence-electron chi connectivity index (χ4n) is 6.35. The molecule has 0 bridgehead atoms. The Morgan fingerprint density at radius 1 is 0.620 bits per heavy atom. The Kier molecular flexibility index (Phi) is 15.8. The van der Waals surface area contributed by atoms with E-state index in [1.807, 2.05) is 13.8 Å². The second-order valence-electron chi connectivity index (χ2n) is 12.8. The summed E-state index contributed by atoms with van der Waals surface area (Å²) >= 11 is 0. The molecule has 50 heavy (non-hydrogen) atoms. The van der Waals surface area contributed by atoms with Crippen LogP contribution in [0.15, 0.2) is 46.2 Å². The van der Waals surface area contributed by atoms with Crippen LogP contribution in [0.1, 0.15) is 128 Å². The largest absolute Gasteiger partial charge is 0.477 e. The molecular formula is C39H51FN2O8. The van der Waals surface area contributed by atoms with E-state index < -0.39 is 40.9 Å². The fourth-order valence-corrected chi connectivity index (χ4v) is 6.35. The number of nitrogens with zero attached hydrogens (tertiary/aromatic N) is 2. The van der Waals surface area contributed by atoms with Gasteiger partial charge in [-0.05, 0) is 60.7 Å². The Bertz CT molecular complexity index is 1730. The second-order valence-corrected chi connectivity index (χ2v) is 12.8. The van der Waals surface area contributed by atoms with Crippen LogP contribution in [-0.2, 0) is 26.3 Å². The molecule has 0 spiro atoms. The van der Waals surface area contributed by atoms with Crippen LogP contribution in [0.5, 0.6) is 0 Å². The van der Waals surface area contributed by atoms with E-state index in [9.17, 15) is 33.8 Å². The Labute approximate surface area is 291 Å². The van der Waals surface area contributed by atoms with Crippen molar-refractivity contribution in [3.63, 3.8) is 0 Å². The predicted octanol–water partition coefficient (Wildman–Crippen LogP) is 7.55. The minimum atomic E-state index is -1.38. The molecule has 2 heterocycles. The number of aliphatic hydroxyl groups excluding tert-OH is 2. The molecular weight excluding hydrogens is 643 g/mol. The van der Waals surface area contributed by atoms with Gasteiger partial charge >= 0.3 is 11.9 Å². The lowest BCUT2D eigenvalue weighted by Gasteiger charge is -2.12. The van der Waals surface area contributed by atoms with Crippen molar-refractivity contribution in [1.29, 1.82) is 0 Å². The van der Waals surface area contributed by atoms with Crippen LogP contribution in [0.25, 0.3) is 21.8 Å². The standard InChI is InChI=1S/C14H15NO4.C13H12FNO4.2C6H12/c1-3-9-5-10-12(4-8(9)2)15(7-16)6-11(13(10)17)14(18)19;1-2-7-3-8-11(4-10(7)14)15(6-16)5-9(12(8)17)13(18)19;2*1-2-4-6-5-3-1/h4-6,16H,3,7H2,1-2H3,(H,18,19);3-5,16H,2,6H2,1H3,(H,18,19);2*1-6H2. The van der Waals surface area contributed by atoms with Gasteiger partial charge in [0.25, 0.3) is 0 Å². The lowest BCUT2D eigenvalue weighted by Crippen LogP contribution is -2.19. The van der Waals surface area contributed by atoms with Crippen molar-refractivity contribution in [3.05, 3.63) is 90.7 Å². The summed E-state index contributed by atoms with van der Waals surface area (Å²) in [4.78, 5) is 46.2. The molecule has 4 N–H and O–H groups in total. The van der Waals surface area contributed by atoms with Gasteiger partial charge in [0.1, 0.15) is 30.4 Å². The number of aliphatic hydroxyl groups is 2. The van der Waals surface area contributed by atoms with Gasteiger partial charge in [0, 0.05) is 23.2 Å². The summed E-state index contributed by atoms with van der Waals surface area (Å²) in [5.74, 6) is -3.15. The first-order valence-corrected chi connectivity index (χ1v) is 17.7. The summed E-state index contributed by atoms with van der Waals surface area (Å²) in [7, 11) is 0. The molecule has 6 rings (SSSR count). The summed E-state index contributed by atoms with van der Waals surface area (Å²) in [6.45, 7) is 4.72. The summed E-state index contributed by atoms with van der Waals surface area (Å²) in [5.41, 5.74) is 1.10. The van der Waals surface area contributed by atoms with Crippen molar-refractivity contribution in [3.8, 4) is 0 Å². The Hall–Kier alpha value is -4.35. The van der Waals surface area contributed by atoms with Gasteiger partial charge < -0.3 is 29.6 Å². The molecule has 2 aromatic heterocycles. The highest BCUT2D eigenvalue weighted by Crippen LogP contribution is 2.20. The molecule has 2 aliphatic rings. The number of pyridine rings is 2. The molecule has 0 aliphatic heterocycles. The molecule has 272 valence electrons. The lowest BCUT2D eigenvalue weighted by atomic mass is 10.0. The number of fused-ring (bicyclic) bond motifs is 2. The molecule has 0 unspecified atom stereocenters. The molecule has 0 radical (unpaired) electrons. The van der Waals surface area contributed by atoms with Gasteiger partial charge in [0.2, 0.25) is 10.9 Å². The number of halogens is 1. The van der Waals surface area contributed by atoms with Gasteiger partial charge in [-0.25, -0.2) is 14.0 Å². The van der Waals surface area contributed by atoms with E-state index in [-0.39, 0.29) is 23.2 Å². The Balaban J connectivity index is 0.000000203. The Morgan fingerprint density at radius 3 is 1.28 bits per heavy atom. The van der Waals surface area contributed by atoms with Crippen LogP contribution >= 0.6 is 0 Å². The number of hydrogen-bond acceptors (Lipinski definition) is 6. The smallest absolute Gasteiger partial charge is 0.341 e. The fraction of sp³-hybridized carbons (Fsp3) is 0.487. The van der Waals surface area contributed by atoms with E-state index >= 15 is 0 Å². The molecule has 4 aromatic rings. The molecule has 2 fully saturated rings. The van der Waals surface area contributed by atoms with E-state index in [4.69, 9.17) is 10.2 Å². The number of aromatic carboxylic acids is 2. The highest BCUT2D eigenvalue weighted by molar-refractivity contribution is 5.93. The van der Waals surface area contributed by atoms with Gasteiger partial charge in [-0.3, -0.25) is 9.59 Å². The number of carboxylic acid groups (broad SMARTS) is 2. The third-order valence-electron chi connectivity index (χ3n) is 9.31. The average molecular weight is 695 g/mol. The highest BCUT2D eigenvalue weighted by Gasteiger charge is 2.17. The number of benzene rings is 2. The first kappa shape index (κ1) is 40.1. The van der Waals surface area contributed by atoms with Crippen molar-refractivity contribution in [2.24, 2.45) is 0 Å². The maximum Gasteiger partial charge on any atom is 0.341 e. The maximum absolute atomic E-state index is 13.7. The van der Waals surface area contributed by atoms with Gasteiger partial charge in [-0.2, -0.15) is 0 Å². The number of hydrogen-bond donors (Lipinski definition) is 4. The number of aryl methyl sites for hydroxylation is 3. The molecule has 11 heteroatoms. The van der Waals surface area contributed by atoms with Crippen molar-refractivity contribution in [2.75, 3.05) is 0 Å². The van der Waals surface area contributed by atoms with Crippen LogP contribution in [0.3, 0.4) is 0 Å². The number of aromatic nitrogens is 2. The molecule has 2 saturated carbocycles. The molecule has 2 aromatic carbocycles. The van der Waals surface area contributed by atoms with Crippen LogP contribution in [0, 0.1) is 12.7 Å². The summed E-state index contributed by atoms with van der Waals surface area (Å²) in [5, 5.41) is 36.9. The van der Waals surface area contributed by atoms with E-state index in [1.54, 1.807) is 19.1 Å². The number of carbonyl (C=O) groups is 2. The average Bonchev–Trinajstić information content (AvgIpc) is 3.13. The topological polar surface area (TPSA) is 159 Å². The third kappa shape index (κ3) is 10.3. The van der Waals surface area contributed by atoms with Gasteiger partial charge in [-0.15, -0.1) is 0 Å². The molecule has 0 saturated heterocycles. The van der Waals surface area contributed by atoms with Crippen molar-refractivity contribution in [1.82, 2.24) is 9.13 Å². The molecule has 2 aliphatic carbocycles. The van der Waals surface area contributed by atoms with Gasteiger partial charge in [0.15, 0.2) is 0 Å². The number of rotatable bonds is 6. The normalized spacial score (nSPS) is 14.0. The maximum atomic E-state index is 13.7. The van der Waals surface area contributed by atoms with Gasteiger partial charge in [0.05, 0.1) is 11.0 Å². The zero-order valence-electron chi connectivity index (χ0n) is 29.5. The van der Waals surface area contributed by atoms with Gasteiger partial charge in [-0.1, -0.05) is 90.9 Å². The molecule has 0 amide bonds. The zero-order valence-corrected chi connectivity index (χ0v) is 29.5. The minimum absolute atomic E-state index is 0.0900. The molecule has 0 atom stereocenters. The van der Waals surface area contributed by atoms with Crippen molar-refractivity contribution < 1.29 is 34.4 Å². The van der Waals surface area contributed by atoms with E-state index in [2.05, 4.69) is 0 Å². The first-order chi connectivity index (χ1) is 24.0. The number of carboxylic acids is 2. The predicted molar refractivity (Wildman–Crippen MR) is 194 cm³/mol. The molecule has 10 nitrogen and oxygen atoms in total. The minimum Gasteiger partial charge on any atom is -0.477 e.